The Morgan fingerprint density at radius 2 is 2.39 bits per heavy atom. The maximum absolute atomic E-state index is 12.5. The van der Waals surface area contributed by atoms with E-state index in [4.69, 9.17) is 0 Å². The average Bonchev–Trinajstić information content (AvgIpc) is 2.95. The number of hydrogen-bond acceptors (Lipinski definition) is 6. The van der Waals surface area contributed by atoms with Gasteiger partial charge in [0, 0.05) is 25.8 Å². The van der Waals surface area contributed by atoms with Crippen LogP contribution in [0.1, 0.15) is 12.8 Å². The molecule has 1 N–H and O–H groups in total. The zero-order valence-electron chi connectivity index (χ0n) is 13.7. The molecular formula is C16H23N5OS. The summed E-state index contributed by atoms with van der Waals surface area (Å²) in [7, 11) is 4.16. The molecular weight excluding hydrogens is 310 g/mol. The van der Waals surface area contributed by atoms with Crippen molar-refractivity contribution in [2.45, 2.75) is 12.8 Å². The minimum Gasteiger partial charge on any atom is -0.308 e. The summed E-state index contributed by atoms with van der Waals surface area (Å²) in [4.78, 5) is 26.6. The first kappa shape index (κ1) is 16.3. The number of likely N-dealkylation sites (N-methyl/N-ethyl adjacent to an activating group) is 1. The monoisotopic (exact) mass is 333 g/mol. The number of fused-ring (bicyclic) bond motifs is 1. The second kappa shape index (κ2) is 7.33. The Morgan fingerprint density at radius 1 is 1.52 bits per heavy atom. The zero-order chi connectivity index (χ0) is 16.2. The van der Waals surface area contributed by atoms with Crippen LogP contribution >= 0.6 is 11.3 Å². The molecule has 7 heteroatoms. The van der Waals surface area contributed by atoms with Gasteiger partial charge < -0.3 is 15.1 Å². The Hall–Kier alpha value is -1.57. The first-order valence-electron chi connectivity index (χ1n) is 8.01. The molecule has 0 saturated carbocycles. The molecule has 0 aliphatic carbocycles. The normalized spacial score (nSPS) is 19.3. The Morgan fingerprint density at radius 3 is 3.17 bits per heavy atom. The van der Waals surface area contributed by atoms with Crippen LogP contribution < -0.4 is 5.32 Å². The van der Waals surface area contributed by atoms with E-state index >= 15 is 0 Å². The number of aromatic nitrogens is 2. The van der Waals surface area contributed by atoms with E-state index in [1.165, 1.54) is 11.3 Å². The maximum Gasteiger partial charge on any atom is 0.230 e. The van der Waals surface area contributed by atoms with Gasteiger partial charge in [-0.1, -0.05) is 11.3 Å². The fourth-order valence-electron chi connectivity index (χ4n) is 2.84. The van der Waals surface area contributed by atoms with Crippen molar-refractivity contribution in [2.24, 2.45) is 5.92 Å². The lowest BCUT2D eigenvalue weighted by Crippen LogP contribution is -2.43. The van der Waals surface area contributed by atoms with Crippen LogP contribution in [-0.4, -0.2) is 65.9 Å². The fraction of sp³-hybridized carbons (Fsp3) is 0.562. The number of nitrogens with one attached hydrogen (secondary N) is 1. The van der Waals surface area contributed by atoms with E-state index in [-0.39, 0.29) is 11.8 Å². The Labute approximate surface area is 140 Å². The van der Waals surface area contributed by atoms with Crippen LogP contribution in [0.4, 0.5) is 5.13 Å². The van der Waals surface area contributed by atoms with E-state index in [9.17, 15) is 4.79 Å². The van der Waals surface area contributed by atoms with Gasteiger partial charge >= 0.3 is 0 Å². The zero-order valence-corrected chi connectivity index (χ0v) is 14.5. The van der Waals surface area contributed by atoms with Crippen molar-refractivity contribution in [3.63, 3.8) is 0 Å². The number of carbonyl (C=O) groups is 1. The number of pyridine rings is 1. The predicted molar refractivity (Wildman–Crippen MR) is 93.8 cm³/mol. The Kier molecular flexibility index (Phi) is 5.20. The number of hydrogen-bond donors (Lipinski definition) is 1. The lowest BCUT2D eigenvalue weighted by atomic mass is 9.97. The Balaban J connectivity index is 1.58. The van der Waals surface area contributed by atoms with Gasteiger partial charge in [0.15, 0.2) is 5.13 Å². The summed E-state index contributed by atoms with van der Waals surface area (Å²) in [5.41, 5.74) is 0.837. The molecule has 1 unspecified atom stereocenters. The van der Waals surface area contributed by atoms with E-state index in [0.717, 1.165) is 49.4 Å². The van der Waals surface area contributed by atoms with Gasteiger partial charge in [-0.15, -0.1) is 0 Å². The molecule has 1 amide bonds. The van der Waals surface area contributed by atoms with Gasteiger partial charge in [-0.2, -0.15) is 0 Å². The van der Waals surface area contributed by atoms with Crippen molar-refractivity contribution in [3.05, 3.63) is 18.3 Å². The summed E-state index contributed by atoms with van der Waals surface area (Å²) < 4.78 is 0. The molecule has 3 rings (SSSR count). The van der Waals surface area contributed by atoms with Crippen LogP contribution in [0.25, 0.3) is 10.3 Å². The van der Waals surface area contributed by atoms with Crippen molar-refractivity contribution in [1.82, 2.24) is 19.8 Å². The smallest absolute Gasteiger partial charge is 0.230 e. The lowest BCUT2D eigenvalue weighted by Gasteiger charge is -2.32. The topological polar surface area (TPSA) is 61.4 Å². The van der Waals surface area contributed by atoms with E-state index in [2.05, 4.69) is 39.2 Å². The van der Waals surface area contributed by atoms with Crippen LogP contribution in [0.15, 0.2) is 18.3 Å². The van der Waals surface area contributed by atoms with Gasteiger partial charge in [-0.25, -0.2) is 9.97 Å². The summed E-state index contributed by atoms with van der Waals surface area (Å²) in [6, 6.07) is 3.77. The number of likely N-dealkylation sites (tertiary alicyclic amines) is 1. The number of rotatable bonds is 5. The highest BCUT2D eigenvalue weighted by molar-refractivity contribution is 7.21. The van der Waals surface area contributed by atoms with Crippen LogP contribution in [0.5, 0.6) is 0 Å². The number of amides is 1. The van der Waals surface area contributed by atoms with E-state index < -0.39 is 0 Å². The lowest BCUT2D eigenvalue weighted by molar-refractivity contribution is -0.121. The average molecular weight is 333 g/mol. The van der Waals surface area contributed by atoms with Crippen molar-refractivity contribution < 1.29 is 4.79 Å². The molecule has 1 atom stereocenters. The van der Waals surface area contributed by atoms with Crippen LogP contribution in [0, 0.1) is 5.92 Å². The minimum atomic E-state index is 0.0471. The molecule has 1 aliphatic rings. The highest BCUT2D eigenvalue weighted by Gasteiger charge is 2.26. The van der Waals surface area contributed by atoms with Crippen molar-refractivity contribution >= 4 is 32.7 Å². The number of carbonyl (C=O) groups excluding carboxylic acids is 1. The Bertz CT molecular complexity index is 638. The van der Waals surface area contributed by atoms with Crippen molar-refractivity contribution in [2.75, 3.05) is 45.6 Å². The first-order chi connectivity index (χ1) is 11.1. The molecule has 1 aliphatic heterocycles. The molecule has 2 aromatic heterocycles. The van der Waals surface area contributed by atoms with E-state index in [1.807, 2.05) is 12.1 Å². The first-order valence-corrected chi connectivity index (χ1v) is 8.83. The summed E-state index contributed by atoms with van der Waals surface area (Å²) in [5.74, 6) is 0.129. The van der Waals surface area contributed by atoms with E-state index in [0.29, 0.717) is 5.13 Å². The predicted octanol–water partition coefficient (Wildman–Crippen LogP) is 1.90. The fourth-order valence-corrected chi connectivity index (χ4v) is 3.66. The molecule has 6 nitrogen and oxygen atoms in total. The quantitative estimate of drug-likeness (QED) is 0.905. The van der Waals surface area contributed by atoms with Gasteiger partial charge in [-0.05, 0) is 45.6 Å². The number of nitrogens with zero attached hydrogens (tertiary/aromatic N) is 4. The van der Waals surface area contributed by atoms with Crippen molar-refractivity contribution in [3.8, 4) is 0 Å². The number of anilines is 1. The highest BCUT2D eigenvalue weighted by atomic mass is 32.1. The molecule has 3 heterocycles. The number of piperidine rings is 1. The molecule has 0 bridgehead atoms. The molecule has 1 saturated heterocycles. The van der Waals surface area contributed by atoms with Gasteiger partial charge in [0.2, 0.25) is 5.91 Å². The third kappa shape index (κ3) is 4.25. The van der Waals surface area contributed by atoms with Crippen LogP contribution in [0.2, 0.25) is 0 Å². The summed E-state index contributed by atoms with van der Waals surface area (Å²) in [6.07, 6.45) is 3.77. The van der Waals surface area contributed by atoms with Gasteiger partial charge in [0.05, 0.1) is 5.92 Å². The molecule has 0 aromatic carbocycles. The molecule has 23 heavy (non-hydrogen) atoms. The number of thiazole rings is 1. The van der Waals surface area contributed by atoms with Crippen LogP contribution in [-0.2, 0) is 4.79 Å². The SMILES string of the molecule is CN(C)CCN1CCCC(C(=O)Nc2nc3cccnc3s2)C1. The minimum absolute atomic E-state index is 0.0471. The van der Waals surface area contributed by atoms with Gasteiger partial charge in [0.1, 0.15) is 10.3 Å². The third-order valence-corrected chi connectivity index (χ3v) is 5.03. The third-order valence-electron chi connectivity index (χ3n) is 4.14. The van der Waals surface area contributed by atoms with Gasteiger partial charge in [-0.3, -0.25) is 4.79 Å². The van der Waals surface area contributed by atoms with E-state index in [1.54, 1.807) is 6.20 Å². The molecule has 1 fully saturated rings. The molecule has 2 aromatic rings. The second-order valence-corrected chi connectivity index (χ2v) is 7.26. The maximum atomic E-state index is 12.5. The molecule has 0 radical (unpaired) electrons. The van der Waals surface area contributed by atoms with Crippen LogP contribution in [0.3, 0.4) is 0 Å². The summed E-state index contributed by atoms with van der Waals surface area (Å²) >= 11 is 1.43. The molecule has 124 valence electrons. The molecule has 0 spiro atoms. The largest absolute Gasteiger partial charge is 0.308 e. The second-order valence-electron chi connectivity index (χ2n) is 6.28. The highest BCUT2D eigenvalue weighted by Crippen LogP contribution is 2.25. The van der Waals surface area contributed by atoms with Crippen molar-refractivity contribution in [1.29, 1.82) is 0 Å². The van der Waals surface area contributed by atoms with Gasteiger partial charge in [0.25, 0.3) is 0 Å². The summed E-state index contributed by atoms with van der Waals surface area (Å²) in [5, 5.41) is 3.63. The summed E-state index contributed by atoms with van der Waals surface area (Å²) in [6.45, 7) is 3.96. The standard InChI is InChI=1S/C16H23N5OS/c1-20(2)9-10-21-8-4-5-12(11-21)14(22)19-16-18-13-6-3-7-17-15(13)23-16/h3,6-7,12H,4-5,8-11H2,1-2H3,(H,18,19,22).